The Morgan fingerprint density at radius 1 is 0.883 bits per heavy atom. The highest BCUT2D eigenvalue weighted by molar-refractivity contribution is 7.81. The molecular weight excluding hydrogens is 1030 g/mol. The number of unbranched alkanes of at least 4 members (excludes halogenated alkanes) is 2. The van der Waals surface area contributed by atoms with Gasteiger partial charge in [-0.15, -0.1) is 0 Å². The summed E-state index contributed by atoms with van der Waals surface area (Å²) >= 11 is 3.82. The standard InChI is InChI=1S/C52H60FN9O14S/c1-3-52(74)32-17-37-47-30(23-62(37)49(70)31(32)24-76-51(52)73)46-34(14-13-29-27(2)33(53)18-35(61-47)45(29)46)59-44(68)25-75-26-58-42(66)21-57-48(69)36(16-28-10-6-4-7-11-28)60-43(67)22-56-41(65)20-55-39(63)12-8-5-9-15-54-40(64)19-38(77)50(71)72/h4,6-7,10-11,17-18,34,36,38,74,77H,3,5,8-9,12-16,19-26H2,1-2H3,(H,54,64)(H,55,63)(H,56,65)(H,57,69)(H,58,66)(H,59,68)(H,60,67)(H,71,72)/t34-,36-,38?,52-/m0/s1. The van der Waals surface area contributed by atoms with E-state index in [1.165, 1.54) is 10.6 Å². The molecule has 4 atom stereocenters. The number of aryl methyl sites for hydroxylation is 1. The van der Waals surface area contributed by atoms with Gasteiger partial charge in [0, 0.05) is 48.4 Å². The molecule has 2 aromatic heterocycles. The van der Waals surface area contributed by atoms with Crippen LogP contribution in [0.4, 0.5) is 4.39 Å². The Morgan fingerprint density at radius 2 is 1.60 bits per heavy atom. The second-order valence-corrected chi connectivity index (χ2v) is 19.5. The highest BCUT2D eigenvalue weighted by Gasteiger charge is 2.46. The van der Waals surface area contributed by atoms with Gasteiger partial charge in [0.1, 0.15) is 37.1 Å². The molecule has 0 radical (unpaired) electrons. The van der Waals surface area contributed by atoms with Crippen molar-refractivity contribution in [2.75, 3.05) is 39.5 Å². The lowest BCUT2D eigenvalue weighted by Gasteiger charge is -2.31. The van der Waals surface area contributed by atoms with E-state index < -0.39 is 121 Å². The van der Waals surface area contributed by atoms with E-state index in [1.54, 1.807) is 50.2 Å². The van der Waals surface area contributed by atoms with E-state index in [0.29, 0.717) is 83.2 Å². The molecule has 1 unspecified atom stereocenters. The lowest BCUT2D eigenvalue weighted by atomic mass is 9.81. The lowest BCUT2D eigenvalue weighted by Crippen LogP contribution is -2.52. The van der Waals surface area contributed by atoms with Crippen LogP contribution in [0.5, 0.6) is 0 Å². The van der Waals surface area contributed by atoms with Crippen molar-refractivity contribution in [1.29, 1.82) is 0 Å². The molecule has 23 nitrogen and oxygen atoms in total. The van der Waals surface area contributed by atoms with E-state index in [0.717, 1.165) is 5.56 Å². The summed E-state index contributed by atoms with van der Waals surface area (Å²) in [6.07, 6.45) is 2.14. The predicted octanol–water partition coefficient (Wildman–Crippen LogP) is 0.247. The van der Waals surface area contributed by atoms with Crippen molar-refractivity contribution in [1.82, 2.24) is 46.8 Å². The van der Waals surface area contributed by atoms with E-state index >= 15 is 4.39 Å². The van der Waals surface area contributed by atoms with Crippen LogP contribution in [0, 0.1) is 12.7 Å². The summed E-state index contributed by atoms with van der Waals surface area (Å²) in [7, 11) is 0. The summed E-state index contributed by atoms with van der Waals surface area (Å²) in [6.45, 7) is 0.876. The predicted molar refractivity (Wildman–Crippen MR) is 275 cm³/mol. The number of fused-ring (bicyclic) bond motifs is 5. The Morgan fingerprint density at radius 3 is 2.34 bits per heavy atom. The molecule has 4 heterocycles. The minimum Gasteiger partial charge on any atom is -0.480 e. The average Bonchev–Trinajstić information content (AvgIpc) is 3.95. The summed E-state index contributed by atoms with van der Waals surface area (Å²) in [5.74, 6) is -6.75. The number of nitrogens with one attached hydrogen (secondary N) is 7. The van der Waals surface area contributed by atoms with Gasteiger partial charge in [0.15, 0.2) is 5.60 Å². The van der Waals surface area contributed by atoms with Gasteiger partial charge in [-0.3, -0.25) is 43.2 Å². The number of aliphatic hydroxyl groups is 1. The number of aliphatic carboxylic acids is 1. The first-order valence-electron chi connectivity index (χ1n) is 25.1. The quantitative estimate of drug-likeness (QED) is 0.0162. The second-order valence-electron chi connectivity index (χ2n) is 18.9. The Hall–Kier alpha value is -7.77. The molecular formula is C52H60FN9O14S. The lowest BCUT2D eigenvalue weighted by molar-refractivity contribution is -0.172. The molecule has 7 rings (SSSR count). The number of carboxylic acid groups (broad SMARTS) is 1. The fourth-order valence-electron chi connectivity index (χ4n) is 9.53. The summed E-state index contributed by atoms with van der Waals surface area (Å²) in [5.41, 5.74) is 1.79. The maximum absolute atomic E-state index is 15.4. The molecule has 3 aliphatic rings. The molecule has 4 aromatic rings. The number of halogens is 1. The second kappa shape index (κ2) is 25.4. The van der Waals surface area contributed by atoms with Crippen molar-refractivity contribution in [2.45, 2.75) is 108 Å². The minimum absolute atomic E-state index is 0.0284. The van der Waals surface area contributed by atoms with E-state index in [4.69, 9.17) is 19.6 Å². The van der Waals surface area contributed by atoms with Crippen molar-refractivity contribution in [3.8, 4) is 11.4 Å². The number of hydrogen-bond acceptors (Lipinski definition) is 15. The molecule has 9 N–H and O–H groups in total. The number of carbonyl (C=O) groups is 9. The zero-order valence-electron chi connectivity index (χ0n) is 42.3. The average molecular weight is 1090 g/mol. The van der Waals surface area contributed by atoms with Crippen molar-refractivity contribution in [3.05, 3.63) is 97.6 Å². The van der Waals surface area contributed by atoms with Crippen LogP contribution in [-0.4, -0.2) is 124 Å². The molecule has 25 heteroatoms. The molecule has 2 aliphatic heterocycles. The third-order valence-corrected chi connectivity index (χ3v) is 14.0. The van der Waals surface area contributed by atoms with Crippen LogP contribution < -0.4 is 42.8 Å². The van der Waals surface area contributed by atoms with Gasteiger partial charge in [-0.05, 0) is 67.3 Å². The molecule has 2 aromatic carbocycles. The molecule has 77 heavy (non-hydrogen) atoms. The van der Waals surface area contributed by atoms with Gasteiger partial charge in [-0.25, -0.2) is 14.2 Å². The van der Waals surface area contributed by atoms with Gasteiger partial charge in [-0.1, -0.05) is 43.7 Å². The molecule has 0 saturated carbocycles. The first-order chi connectivity index (χ1) is 36.8. The van der Waals surface area contributed by atoms with E-state index in [-0.39, 0.29) is 50.0 Å². The van der Waals surface area contributed by atoms with E-state index in [2.05, 4.69) is 49.8 Å². The highest BCUT2D eigenvalue weighted by atomic mass is 32.1. The van der Waals surface area contributed by atoms with Crippen molar-refractivity contribution in [3.63, 3.8) is 0 Å². The number of amides is 7. The smallest absolute Gasteiger partial charge is 0.343 e. The maximum Gasteiger partial charge on any atom is 0.343 e. The Bertz CT molecular complexity index is 3070. The van der Waals surface area contributed by atoms with Crippen LogP contribution in [0.1, 0.15) is 96.9 Å². The number of carboxylic acids is 1. The highest BCUT2D eigenvalue weighted by Crippen LogP contribution is 2.46. The number of ether oxygens (including phenoxy) is 2. The Kier molecular flexibility index (Phi) is 18.8. The van der Waals surface area contributed by atoms with Gasteiger partial charge in [0.25, 0.3) is 5.56 Å². The monoisotopic (exact) mass is 1090 g/mol. The molecule has 0 spiro atoms. The first-order valence-corrected chi connectivity index (χ1v) is 25.6. The summed E-state index contributed by atoms with van der Waals surface area (Å²) in [5, 5.41) is 37.6. The Labute approximate surface area is 445 Å². The van der Waals surface area contributed by atoms with E-state index in [1.807, 2.05) is 0 Å². The number of hydrogen-bond donors (Lipinski definition) is 10. The van der Waals surface area contributed by atoms with Crippen LogP contribution in [0.15, 0.2) is 47.3 Å². The fourth-order valence-corrected chi connectivity index (χ4v) is 9.69. The van der Waals surface area contributed by atoms with Gasteiger partial charge < -0.3 is 61.5 Å². The molecule has 7 amide bonds. The normalized spacial score (nSPS) is 16.6. The zero-order chi connectivity index (χ0) is 55.6. The number of thiol groups is 1. The van der Waals surface area contributed by atoms with E-state index in [9.17, 15) is 53.1 Å². The van der Waals surface area contributed by atoms with Crippen molar-refractivity contribution in [2.24, 2.45) is 0 Å². The molecule has 0 saturated heterocycles. The number of esters is 1. The summed E-state index contributed by atoms with van der Waals surface area (Å²) < 4.78 is 27.5. The van der Waals surface area contributed by atoms with Crippen LogP contribution in [0.25, 0.3) is 22.3 Å². The first kappa shape index (κ1) is 56.9. The van der Waals surface area contributed by atoms with Crippen molar-refractivity contribution >= 4 is 76.8 Å². The number of nitrogens with zero attached hydrogens (tertiary/aromatic N) is 2. The number of pyridine rings is 2. The molecule has 0 fully saturated rings. The van der Waals surface area contributed by atoms with Crippen LogP contribution in [0.2, 0.25) is 0 Å². The third-order valence-electron chi connectivity index (χ3n) is 13.6. The third kappa shape index (κ3) is 13.6. The molecule has 1 aliphatic carbocycles. The number of cyclic esters (lactones) is 1. The van der Waals surface area contributed by atoms with Crippen LogP contribution in [-0.2, 0) is 84.2 Å². The van der Waals surface area contributed by atoms with Gasteiger partial charge in [-0.2, -0.15) is 12.6 Å². The molecule has 410 valence electrons. The zero-order valence-corrected chi connectivity index (χ0v) is 43.2. The fraction of sp³-hybridized carbons (Fsp3) is 0.442. The van der Waals surface area contributed by atoms with Crippen LogP contribution >= 0.6 is 12.6 Å². The van der Waals surface area contributed by atoms with Gasteiger partial charge in [0.2, 0.25) is 41.4 Å². The Balaban J connectivity index is 0.866. The number of benzene rings is 2. The minimum atomic E-state index is -2.06. The SMILES string of the molecule is CC[C@@]1(O)C(=O)OCc2c1cc1n(c2=O)Cc2c-1nc1cc(F)c(C)c3c1c2[C@@H](NC(=O)COCNC(=O)CNC(=O)[C@H](Cc1ccccc1)NC(=O)CNC(=O)CNC(=O)CCCCCNC(=O)CC(S)C(=O)O)CC3. The number of aromatic nitrogens is 2. The van der Waals surface area contributed by atoms with Crippen molar-refractivity contribution < 1.29 is 67.2 Å². The summed E-state index contributed by atoms with van der Waals surface area (Å²) in [6, 6.07) is 9.78. The largest absolute Gasteiger partial charge is 0.480 e. The van der Waals surface area contributed by atoms with Gasteiger partial charge >= 0.3 is 11.9 Å². The van der Waals surface area contributed by atoms with Crippen LogP contribution in [0.3, 0.4) is 0 Å². The number of carbonyl (C=O) groups excluding carboxylic acids is 8. The van der Waals surface area contributed by atoms with Gasteiger partial charge in [0.05, 0.1) is 54.7 Å². The molecule has 0 bridgehead atoms. The topological polar surface area (TPSA) is 332 Å². The maximum atomic E-state index is 15.4. The number of rotatable bonds is 25. The summed E-state index contributed by atoms with van der Waals surface area (Å²) in [4.78, 5) is 131.